The third-order valence-corrected chi connectivity index (χ3v) is 4.63. The summed E-state index contributed by atoms with van der Waals surface area (Å²) >= 11 is 6.37. The molecule has 0 saturated heterocycles. The van der Waals surface area contributed by atoms with E-state index in [0.717, 1.165) is 0 Å². The summed E-state index contributed by atoms with van der Waals surface area (Å²) in [7, 11) is 1.46. The number of nitrogens with zero attached hydrogens (tertiary/aromatic N) is 2. The topological polar surface area (TPSA) is 122 Å². The number of ether oxygens (including phenoxy) is 2. The molecule has 4 N–H and O–H groups in total. The van der Waals surface area contributed by atoms with E-state index in [9.17, 15) is 4.79 Å². The Hall–Kier alpha value is -3.96. The number of aromatic nitrogens is 1. The SMILES string of the molecule is C=C(NCCC#N)Nc1ccc(Oc2ccnc3cc(OC)c(C(N)=O)cc23)cc1Cl. The van der Waals surface area contributed by atoms with Gasteiger partial charge in [0, 0.05) is 30.3 Å². The van der Waals surface area contributed by atoms with Crippen LogP contribution < -0.4 is 25.8 Å². The van der Waals surface area contributed by atoms with Gasteiger partial charge in [0.25, 0.3) is 5.91 Å². The lowest BCUT2D eigenvalue weighted by Crippen LogP contribution is -2.19. The second-order valence-corrected chi connectivity index (χ2v) is 6.83. The lowest BCUT2D eigenvalue weighted by molar-refractivity contribution is 0.0997. The number of nitrogens with two attached hydrogens (primary N) is 1. The largest absolute Gasteiger partial charge is 0.496 e. The summed E-state index contributed by atoms with van der Waals surface area (Å²) in [6, 6.07) is 12.1. The van der Waals surface area contributed by atoms with Gasteiger partial charge < -0.3 is 25.8 Å². The quantitative estimate of drug-likeness (QED) is 0.429. The summed E-state index contributed by atoms with van der Waals surface area (Å²) in [6.45, 7) is 4.33. The van der Waals surface area contributed by atoms with Crippen molar-refractivity contribution in [3.05, 3.63) is 65.6 Å². The molecule has 0 unspecified atom stereocenters. The van der Waals surface area contributed by atoms with Gasteiger partial charge in [0.05, 0.1) is 47.2 Å². The van der Waals surface area contributed by atoms with Gasteiger partial charge in [-0.3, -0.25) is 9.78 Å². The zero-order chi connectivity index (χ0) is 22.4. The first kappa shape index (κ1) is 21.7. The minimum atomic E-state index is -0.615. The summed E-state index contributed by atoms with van der Waals surface area (Å²) in [5.74, 6) is 1.22. The molecule has 31 heavy (non-hydrogen) atoms. The number of primary amides is 1. The highest BCUT2D eigenvalue weighted by Crippen LogP contribution is 2.35. The van der Waals surface area contributed by atoms with Crippen molar-refractivity contribution in [1.29, 1.82) is 5.26 Å². The number of carbonyl (C=O) groups excluding carboxylic acids is 1. The van der Waals surface area contributed by atoms with Gasteiger partial charge in [-0.05, 0) is 24.3 Å². The number of anilines is 1. The van der Waals surface area contributed by atoms with E-state index in [1.54, 1.807) is 42.6 Å². The first-order chi connectivity index (χ1) is 14.9. The average Bonchev–Trinajstić information content (AvgIpc) is 2.75. The Morgan fingerprint density at radius 3 is 2.77 bits per heavy atom. The van der Waals surface area contributed by atoms with Gasteiger partial charge in [-0.25, -0.2) is 0 Å². The van der Waals surface area contributed by atoms with Crippen molar-refractivity contribution in [1.82, 2.24) is 10.3 Å². The standard InChI is InChI=1S/C22H20ClN5O3/c1-13(26-8-3-7-24)28-18-5-4-14(10-17(18)23)31-20-6-9-27-19-12-21(30-2)16(22(25)29)11-15(19)20/h4-6,9-12,26,28H,1,3,8H2,2H3,(H2,25,29). The molecule has 9 heteroatoms. The molecular formula is C22H20ClN5O3. The van der Waals surface area contributed by atoms with Crippen molar-refractivity contribution >= 4 is 34.1 Å². The molecule has 0 fully saturated rings. The Labute approximate surface area is 184 Å². The number of fused-ring (bicyclic) bond motifs is 1. The number of halogens is 1. The lowest BCUT2D eigenvalue weighted by Gasteiger charge is -2.14. The van der Waals surface area contributed by atoms with Crippen molar-refractivity contribution < 1.29 is 14.3 Å². The predicted octanol–water partition coefficient (Wildman–Crippen LogP) is 4.17. The van der Waals surface area contributed by atoms with Crippen LogP contribution in [0.2, 0.25) is 5.02 Å². The maximum absolute atomic E-state index is 11.8. The molecule has 0 spiro atoms. The van der Waals surface area contributed by atoms with Crippen LogP contribution in [0.1, 0.15) is 16.8 Å². The van der Waals surface area contributed by atoms with Crippen molar-refractivity contribution in [3.63, 3.8) is 0 Å². The van der Waals surface area contributed by atoms with Crippen LogP contribution in [-0.2, 0) is 0 Å². The molecule has 0 saturated carbocycles. The van der Waals surface area contributed by atoms with Crippen LogP contribution in [0.3, 0.4) is 0 Å². The van der Waals surface area contributed by atoms with E-state index >= 15 is 0 Å². The number of rotatable bonds is 9. The minimum Gasteiger partial charge on any atom is -0.496 e. The van der Waals surface area contributed by atoms with E-state index in [4.69, 9.17) is 32.1 Å². The van der Waals surface area contributed by atoms with Gasteiger partial charge in [-0.15, -0.1) is 0 Å². The fraction of sp³-hybridized carbons (Fsp3) is 0.136. The fourth-order valence-corrected chi connectivity index (χ4v) is 3.08. The van der Waals surface area contributed by atoms with Crippen molar-refractivity contribution in [2.45, 2.75) is 6.42 Å². The molecule has 158 valence electrons. The van der Waals surface area contributed by atoms with Gasteiger partial charge in [-0.2, -0.15) is 5.26 Å². The molecule has 0 radical (unpaired) electrons. The van der Waals surface area contributed by atoms with Crippen molar-refractivity contribution in [3.8, 4) is 23.3 Å². The Bertz CT molecular complexity index is 1190. The molecule has 0 aliphatic rings. The second kappa shape index (κ2) is 9.69. The molecule has 2 aromatic carbocycles. The van der Waals surface area contributed by atoms with Gasteiger partial charge >= 0.3 is 0 Å². The number of methoxy groups -OCH3 is 1. The van der Waals surface area contributed by atoms with Crippen LogP contribution in [0.4, 0.5) is 5.69 Å². The lowest BCUT2D eigenvalue weighted by atomic mass is 10.1. The number of benzene rings is 2. The molecule has 0 bridgehead atoms. The molecule has 1 amide bonds. The molecule has 0 aliphatic heterocycles. The molecule has 3 aromatic rings. The maximum Gasteiger partial charge on any atom is 0.252 e. The molecule has 1 aromatic heterocycles. The smallest absolute Gasteiger partial charge is 0.252 e. The summed E-state index contributed by atoms with van der Waals surface area (Å²) in [6.07, 6.45) is 1.96. The summed E-state index contributed by atoms with van der Waals surface area (Å²) in [4.78, 5) is 16.1. The van der Waals surface area contributed by atoms with Gasteiger partial charge in [-0.1, -0.05) is 18.2 Å². The van der Waals surface area contributed by atoms with E-state index in [-0.39, 0.29) is 5.56 Å². The maximum atomic E-state index is 11.8. The number of pyridine rings is 1. The summed E-state index contributed by atoms with van der Waals surface area (Å²) in [5.41, 5.74) is 6.91. The highest BCUT2D eigenvalue weighted by atomic mass is 35.5. The highest BCUT2D eigenvalue weighted by molar-refractivity contribution is 6.33. The predicted molar refractivity (Wildman–Crippen MR) is 119 cm³/mol. The van der Waals surface area contributed by atoms with Crippen LogP contribution in [0.5, 0.6) is 17.2 Å². The van der Waals surface area contributed by atoms with Gasteiger partial charge in [0.1, 0.15) is 17.2 Å². The highest BCUT2D eigenvalue weighted by Gasteiger charge is 2.14. The van der Waals surface area contributed by atoms with Crippen LogP contribution in [0.15, 0.2) is 55.0 Å². The molecule has 0 aliphatic carbocycles. The monoisotopic (exact) mass is 437 g/mol. The van der Waals surface area contributed by atoms with E-state index in [1.165, 1.54) is 7.11 Å². The number of nitriles is 1. The first-order valence-corrected chi connectivity index (χ1v) is 9.61. The number of hydrogen-bond acceptors (Lipinski definition) is 7. The zero-order valence-corrected chi connectivity index (χ0v) is 17.5. The van der Waals surface area contributed by atoms with Crippen LogP contribution in [0, 0.1) is 11.3 Å². The number of hydrogen-bond donors (Lipinski definition) is 3. The molecule has 0 atom stereocenters. The second-order valence-electron chi connectivity index (χ2n) is 6.43. The van der Waals surface area contributed by atoms with E-state index in [2.05, 4.69) is 22.2 Å². The number of carbonyl (C=O) groups is 1. The van der Waals surface area contributed by atoms with Crippen molar-refractivity contribution in [2.24, 2.45) is 5.73 Å². The molecule has 3 rings (SSSR count). The third kappa shape index (κ3) is 5.15. The van der Waals surface area contributed by atoms with Crippen LogP contribution in [-0.4, -0.2) is 24.5 Å². The molecule has 8 nitrogen and oxygen atoms in total. The zero-order valence-electron chi connectivity index (χ0n) is 16.7. The Balaban J connectivity index is 1.85. The van der Waals surface area contributed by atoms with Crippen molar-refractivity contribution in [2.75, 3.05) is 19.0 Å². The Morgan fingerprint density at radius 2 is 2.10 bits per heavy atom. The van der Waals surface area contributed by atoms with E-state index < -0.39 is 5.91 Å². The Kier molecular flexibility index (Phi) is 6.80. The van der Waals surface area contributed by atoms with Gasteiger partial charge in [0.15, 0.2) is 0 Å². The fourth-order valence-electron chi connectivity index (χ4n) is 2.86. The third-order valence-electron chi connectivity index (χ3n) is 4.32. The number of nitrogens with one attached hydrogen (secondary N) is 2. The normalized spacial score (nSPS) is 10.2. The number of amides is 1. The Morgan fingerprint density at radius 1 is 1.29 bits per heavy atom. The molecule has 1 heterocycles. The average molecular weight is 438 g/mol. The minimum absolute atomic E-state index is 0.229. The van der Waals surface area contributed by atoms with E-state index in [0.29, 0.717) is 57.6 Å². The molecular weight excluding hydrogens is 418 g/mol. The first-order valence-electron chi connectivity index (χ1n) is 9.23. The summed E-state index contributed by atoms with van der Waals surface area (Å²) < 4.78 is 11.2. The van der Waals surface area contributed by atoms with Crippen LogP contribution in [0.25, 0.3) is 10.9 Å². The van der Waals surface area contributed by atoms with Gasteiger partial charge in [0.2, 0.25) is 0 Å². The van der Waals surface area contributed by atoms with Crippen LogP contribution >= 0.6 is 11.6 Å². The summed E-state index contributed by atoms with van der Waals surface area (Å²) in [5, 5.41) is 15.6. The van der Waals surface area contributed by atoms with E-state index in [1.807, 2.05) is 6.07 Å².